The summed E-state index contributed by atoms with van der Waals surface area (Å²) in [6, 6.07) is 18.3. The van der Waals surface area contributed by atoms with Crippen molar-refractivity contribution in [3.8, 4) is 11.1 Å². The molecule has 2 aromatic carbocycles. The first-order valence-electron chi connectivity index (χ1n) is 6.49. The van der Waals surface area contributed by atoms with Crippen molar-refractivity contribution in [2.75, 3.05) is 7.11 Å². The van der Waals surface area contributed by atoms with Gasteiger partial charge in [-0.05, 0) is 23.1 Å². The summed E-state index contributed by atoms with van der Waals surface area (Å²) in [4.78, 5) is 11.7. The average Bonchev–Trinajstić information content (AvgIpc) is 2.49. The van der Waals surface area contributed by atoms with E-state index in [1.165, 1.54) is 12.7 Å². The Morgan fingerprint density at radius 3 is 2.05 bits per heavy atom. The van der Waals surface area contributed by atoms with Gasteiger partial charge in [-0.25, -0.2) is 0 Å². The van der Waals surface area contributed by atoms with Gasteiger partial charge in [-0.15, -0.1) is 12.4 Å². The quantitative estimate of drug-likeness (QED) is 0.778. The topological polar surface area (TPSA) is 26.3 Å². The molecule has 106 valence electrons. The van der Waals surface area contributed by atoms with Crippen molar-refractivity contribution in [2.24, 2.45) is 0 Å². The Kier molecular flexibility index (Phi) is 6.26. The van der Waals surface area contributed by atoms with Gasteiger partial charge in [-0.3, -0.25) is 4.79 Å². The Hall–Kier alpha value is -1.80. The second-order valence-corrected chi connectivity index (χ2v) is 4.47. The maximum atomic E-state index is 11.7. The summed E-state index contributed by atoms with van der Waals surface area (Å²) >= 11 is 0. The van der Waals surface area contributed by atoms with Crippen LogP contribution in [0.4, 0.5) is 0 Å². The Morgan fingerprint density at radius 1 is 1.00 bits per heavy atom. The highest BCUT2D eigenvalue weighted by atomic mass is 35.5. The molecule has 0 fully saturated rings. The third-order valence-corrected chi connectivity index (χ3v) is 3.31. The number of halogens is 1. The summed E-state index contributed by atoms with van der Waals surface area (Å²) in [5.41, 5.74) is 3.35. The van der Waals surface area contributed by atoms with Crippen LogP contribution in [0.15, 0.2) is 54.6 Å². The zero-order valence-electron chi connectivity index (χ0n) is 11.7. The lowest BCUT2D eigenvalue weighted by atomic mass is 9.94. The van der Waals surface area contributed by atoms with Crippen molar-refractivity contribution in [1.82, 2.24) is 0 Å². The second kappa shape index (κ2) is 7.71. The minimum atomic E-state index is -0.171. The summed E-state index contributed by atoms with van der Waals surface area (Å²) in [6.07, 6.45) is 0.747. The van der Waals surface area contributed by atoms with Gasteiger partial charge in [-0.1, -0.05) is 61.5 Å². The number of hydrogen-bond donors (Lipinski definition) is 0. The van der Waals surface area contributed by atoms with Crippen LogP contribution in [0.25, 0.3) is 11.1 Å². The highest BCUT2D eigenvalue weighted by molar-refractivity contribution is 5.85. The molecule has 2 aromatic rings. The number of methoxy groups -OCH3 is 1. The molecular formula is C17H19ClO2. The molecule has 20 heavy (non-hydrogen) atoms. The molecule has 0 spiro atoms. The van der Waals surface area contributed by atoms with Crippen LogP contribution >= 0.6 is 12.4 Å². The standard InChI is InChI=1S/C17H18O2.ClH/c1-3-16(17(18)19-2)15-11-9-14(10-12-15)13-7-5-4-6-8-13;/h4-12,16H,3H2,1-2H3;1H. The van der Waals surface area contributed by atoms with Gasteiger partial charge in [0.15, 0.2) is 0 Å². The number of benzene rings is 2. The Bertz CT molecular complexity index is 535. The van der Waals surface area contributed by atoms with Crippen molar-refractivity contribution in [1.29, 1.82) is 0 Å². The number of esters is 1. The molecule has 1 atom stereocenters. The van der Waals surface area contributed by atoms with Crippen LogP contribution in [0, 0.1) is 0 Å². The summed E-state index contributed by atoms with van der Waals surface area (Å²) in [6.45, 7) is 1.99. The van der Waals surface area contributed by atoms with E-state index in [4.69, 9.17) is 4.74 Å². The van der Waals surface area contributed by atoms with E-state index >= 15 is 0 Å². The van der Waals surface area contributed by atoms with Crippen molar-refractivity contribution < 1.29 is 9.53 Å². The van der Waals surface area contributed by atoms with Gasteiger partial charge in [0.1, 0.15) is 0 Å². The molecule has 0 bridgehead atoms. The predicted octanol–water partition coefficient (Wildman–Crippen LogP) is 4.44. The minimum absolute atomic E-state index is 0. The van der Waals surface area contributed by atoms with Gasteiger partial charge < -0.3 is 4.74 Å². The molecular weight excluding hydrogens is 272 g/mol. The summed E-state index contributed by atoms with van der Waals surface area (Å²) in [5.74, 6) is -0.343. The number of rotatable bonds is 4. The third-order valence-electron chi connectivity index (χ3n) is 3.31. The molecule has 0 radical (unpaired) electrons. The lowest BCUT2D eigenvalue weighted by Crippen LogP contribution is -2.13. The first-order chi connectivity index (χ1) is 9.26. The van der Waals surface area contributed by atoms with Crippen LogP contribution in [0.2, 0.25) is 0 Å². The number of hydrogen-bond acceptors (Lipinski definition) is 2. The smallest absolute Gasteiger partial charge is 0.313 e. The van der Waals surface area contributed by atoms with Crippen LogP contribution in [0.5, 0.6) is 0 Å². The molecule has 2 nitrogen and oxygen atoms in total. The fourth-order valence-corrected chi connectivity index (χ4v) is 2.22. The molecule has 0 aliphatic heterocycles. The van der Waals surface area contributed by atoms with E-state index in [9.17, 15) is 4.79 Å². The highest BCUT2D eigenvalue weighted by Crippen LogP contribution is 2.25. The molecule has 3 heteroatoms. The van der Waals surface area contributed by atoms with E-state index < -0.39 is 0 Å². The highest BCUT2D eigenvalue weighted by Gasteiger charge is 2.18. The molecule has 0 amide bonds. The summed E-state index contributed by atoms with van der Waals surface area (Å²) in [7, 11) is 1.43. The van der Waals surface area contributed by atoms with Crippen LogP contribution in [0.1, 0.15) is 24.8 Å². The average molecular weight is 291 g/mol. The van der Waals surface area contributed by atoms with Gasteiger partial charge in [0, 0.05) is 0 Å². The molecule has 0 aliphatic rings. The lowest BCUT2D eigenvalue weighted by Gasteiger charge is -2.13. The van der Waals surface area contributed by atoms with Crippen molar-refractivity contribution in [2.45, 2.75) is 19.3 Å². The fourth-order valence-electron chi connectivity index (χ4n) is 2.22. The van der Waals surface area contributed by atoms with Crippen LogP contribution in [-0.2, 0) is 9.53 Å². The first-order valence-corrected chi connectivity index (χ1v) is 6.49. The fraction of sp³-hybridized carbons (Fsp3) is 0.235. The van der Waals surface area contributed by atoms with Gasteiger partial charge in [0.05, 0.1) is 13.0 Å². The number of carbonyl (C=O) groups is 1. The van der Waals surface area contributed by atoms with Gasteiger partial charge >= 0.3 is 5.97 Å². The summed E-state index contributed by atoms with van der Waals surface area (Å²) in [5, 5.41) is 0. The molecule has 0 heterocycles. The molecule has 2 rings (SSSR count). The minimum Gasteiger partial charge on any atom is -0.469 e. The van der Waals surface area contributed by atoms with Gasteiger partial charge in [0.2, 0.25) is 0 Å². The molecule has 0 aliphatic carbocycles. The van der Waals surface area contributed by atoms with E-state index in [1.807, 2.05) is 37.3 Å². The zero-order valence-corrected chi connectivity index (χ0v) is 12.5. The van der Waals surface area contributed by atoms with Gasteiger partial charge in [-0.2, -0.15) is 0 Å². The summed E-state index contributed by atoms with van der Waals surface area (Å²) < 4.78 is 4.83. The molecule has 0 saturated carbocycles. The molecule has 0 aromatic heterocycles. The first kappa shape index (κ1) is 16.3. The zero-order chi connectivity index (χ0) is 13.7. The van der Waals surface area contributed by atoms with E-state index in [0.29, 0.717) is 0 Å². The van der Waals surface area contributed by atoms with E-state index in [-0.39, 0.29) is 24.3 Å². The normalized spacial score (nSPS) is 11.3. The SMILES string of the molecule is CCC(C(=O)OC)c1ccc(-c2ccccc2)cc1.Cl. The Balaban J connectivity index is 0.00000200. The van der Waals surface area contributed by atoms with Crippen molar-refractivity contribution >= 4 is 18.4 Å². The van der Waals surface area contributed by atoms with E-state index in [2.05, 4.69) is 24.3 Å². The third kappa shape index (κ3) is 3.61. The predicted molar refractivity (Wildman–Crippen MR) is 84.2 cm³/mol. The largest absolute Gasteiger partial charge is 0.469 e. The molecule has 0 saturated heterocycles. The Morgan fingerprint density at radius 2 is 1.55 bits per heavy atom. The van der Waals surface area contributed by atoms with Gasteiger partial charge in [0.25, 0.3) is 0 Å². The van der Waals surface area contributed by atoms with Crippen molar-refractivity contribution in [3.63, 3.8) is 0 Å². The van der Waals surface area contributed by atoms with E-state index in [1.54, 1.807) is 0 Å². The molecule has 1 unspecified atom stereocenters. The monoisotopic (exact) mass is 290 g/mol. The molecule has 0 N–H and O–H groups in total. The Labute approximate surface area is 126 Å². The second-order valence-electron chi connectivity index (χ2n) is 4.47. The number of ether oxygens (including phenoxy) is 1. The van der Waals surface area contributed by atoms with Crippen molar-refractivity contribution in [3.05, 3.63) is 60.2 Å². The van der Waals surface area contributed by atoms with Crippen LogP contribution in [0.3, 0.4) is 0 Å². The maximum Gasteiger partial charge on any atom is 0.313 e. The maximum absolute atomic E-state index is 11.7. The number of carbonyl (C=O) groups excluding carboxylic acids is 1. The van der Waals surface area contributed by atoms with Crippen LogP contribution < -0.4 is 0 Å². The van der Waals surface area contributed by atoms with Crippen LogP contribution in [-0.4, -0.2) is 13.1 Å². The van der Waals surface area contributed by atoms with E-state index in [0.717, 1.165) is 17.5 Å². The lowest BCUT2D eigenvalue weighted by molar-refractivity contribution is -0.142.